The Morgan fingerprint density at radius 2 is 1.96 bits per heavy atom. The van der Waals surface area contributed by atoms with Crippen LogP contribution >= 0.6 is 0 Å². The van der Waals surface area contributed by atoms with E-state index in [9.17, 15) is 14.4 Å². The molecule has 8 nitrogen and oxygen atoms in total. The second kappa shape index (κ2) is 8.31. The fourth-order valence-corrected chi connectivity index (χ4v) is 2.93. The maximum atomic E-state index is 12.4. The lowest BCUT2D eigenvalue weighted by Crippen LogP contribution is -2.35. The van der Waals surface area contributed by atoms with Gasteiger partial charge in [-0.15, -0.1) is 0 Å². The lowest BCUT2D eigenvalue weighted by molar-refractivity contribution is -0.121. The van der Waals surface area contributed by atoms with Gasteiger partial charge in [-0.05, 0) is 31.2 Å². The van der Waals surface area contributed by atoms with Gasteiger partial charge in [0.15, 0.2) is 0 Å². The van der Waals surface area contributed by atoms with Gasteiger partial charge in [-0.1, -0.05) is 11.6 Å². The van der Waals surface area contributed by atoms with Crippen molar-refractivity contribution in [2.45, 2.75) is 13.3 Å². The number of amides is 3. The van der Waals surface area contributed by atoms with Crippen LogP contribution in [0.4, 0.5) is 5.82 Å². The third kappa shape index (κ3) is 3.99. The van der Waals surface area contributed by atoms with Crippen molar-refractivity contribution in [3.63, 3.8) is 0 Å². The van der Waals surface area contributed by atoms with Crippen molar-refractivity contribution >= 4 is 23.5 Å². The van der Waals surface area contributed by atoms with Gasteiger partial charge in [-0.25, -0.2) is 4.98 Å². The normalized spacial score (nSPS) is 12.5. The van der Waals surface area contributed by atoms with E-state index < -0.39 is 0 Å². The van der Waals surface area contributed by atoms with Crippen molar-refractivity contribution in [3.05, 3.63) is 58.8 Å². The second-order valence-corrected chi connectivity index (χ2v) is 6.35. The number of hydrogen-bond acceptors (Lipinski definition) is 6. The fourth-order valence-electron chi connectivity index (χ4n) is 2.93. The number of benzene rings is 1. The molecule has 1 aliphatic heterocycles. The zero-order valence-electron chi connectivity index (χ0n) is 15.4. The van der Waals surface area contributed by atoms with Crippen LogP contribution in [0.5, 0.6) is 0 Å². The molecule has 0 saturated heterocycles. The van der Waals surface area contributed by atoms with E-state index in [0.29, 0.717) is 35.6 Å². The molecule has 1 aromatic carbocycles. The van der Waals surface area contributed by atoms with Crippen molar-refractivity contribution in [3.8, 4) is 6.07 Å². The van der Waals surface area contributed by atoms with E-state index in [1.165, 1.54) is 0 Å². The minimum Gasteiger partial charge on any atom is -0.367 e. The summed E-state index contributed by atoms with van der Waals surface area (Å²) >= 11 is 0. The molecule has 3 amide bonds. The summed E-state index contributed by atoms with van der Waals surface area (Å²) in [5.41, 5.74) is 2.09. The summed E-state index contributed by atoms with van der Waals surface area (Å²) in [7, 11) is 0. The SMILES string of the molecule is Cc1ccc2c(c1)C(=O)N(CCC(=O)NCCNc1ncccc1C#N)C2=O. The molecule has 0 spiro atoms. The average Bonchev–Trinajstić information content (AvgIpc) is 2.93. The molecule has 0 fully saturated rings. The highest BCUT2D eigenvalue weighted by Crippen LogP contribution is 2.23. The molecular formula is C20H19N5O3. The molecule has 8 heteroatoms. The Kier molecular flexibility index (Phi) is 5.65. The van der Waals surface area contributed by atoms with Crippen molar-refractivity contribution in [2.24, 2.45) is 0 Å². The smallest absolute Gasteiger partial charge is 0.261 e. The second-order valence-electron chi connectivity index (χ2n) is 6.35. The highest BCUT2D eigenvalue weighted by molar-refractivity contribution is 6.21. The number of anilines is 1. The van der Waals surface area contributed by atoms with Gasteiger partial charge >= 0.3 is 0 Å². The molecule has 2 heterocycles. The monoisotopic (exact) mass is 377 g/mol. The van der Waals surface area contributed by atoms with Crippen molar-refractivity contribution in [1.29, 1.82) is 5.26 Å². The van der Waals surface area contributed by atoms with Crippen LogP contribution in [0.3, 0.4) is 0 Å². The molecule has 1 aromatic heterocycles. The van der Waals surface area contributed by atoms with Crippen LogP contribution in [0.15, 0.2) is 36.5 Å². The Bertz CT molecular complexity index is 980. The summed E-state index contributed by atoms with van der Waals surface area (Å²) in [6, 6.07) is 10.5. The van der Waals surface area contributed by atoms with Crippen LogP contribution in [0, 0.1) is 18.3 Å². The Morgan fingerprint density at radius 3 is 2.75 bits per heavy atom. The van der Waals surface area contributed by atoms with Crippen LogP contribution in [0.1, 0.15) is 38.3 Å². The molecule has 0 radical (unpaired) electrons. The Morgan fingerprint density at radius 1 is 1.18 bits per heavy atom. The summed E-state index contributed by atoms with van der Waals surface area (Å²) in [5.74, 6) is -0.539. The number of aromatic nitrogens is 1. The van der Waals surface area contributed by atoms with Crippen LogP contribution in [0.25, 0.3) is 0 Å². The number of rotatable bonds is 7. The van der Waals surface area contributed by atoms with E-state index in [1.807, 2.05) is 13.0 Å². The number of pyridine rings is 1. The highest BCUT2D eigenvalue weighted by atomic mass is 16.2. The van der Waals surface area contributed by atoms with Gasteiger partial charge in [0, 0.05) is 32.3 Å². The van der Waals surface area contributed by atoms with Gasteiger partial charge in [0.25, 0.3) is 11.8 Å². The standard InChI is InChI=1S/C20H19N5O3/c1-13-4-5-15-16(11-13)20(28)25(19(15)27)10-6-17(26)22-8-9-24-18-14(12-21)3-2-7-23-18/h2-5,7,11H,6,8-10H2,1H3,(H,22,26)(H,23,24). The number of nitrogens with zero attached hydrogens (tertiary/aromatic N) is 3. The molecule has 1 aliphatic rings. The molecule has 0 bridgehead atoms. The molecule has 2 N–H and O–H groups in total. The summed E-state index contributed by atoms with van der Waals surface area (Å²) < 4.78 is 0. The molecule has 2 aromatic rings. The number of nitrogens with one attached hydrogen (secondary N) is 2. The number of carbonyl (C=O) groups excluding carboxylic acids is 3. The van der Waals surface area contributed by atoms with Crippen LogP contribution < -0.4 is 10.6 Å². The van der Waals surface area contributed by atoms with Crippen molar-refractivity contribution < 1.29 is 14.4 Å². The number of hydrogen-bond donors (Lipinski definition) is 2. The Hall–Kier alpha value is -3.73. The van der Waals surface area contributed by atoms with Gasteiger partial charge in [-0.2, -0.15) is 5.26 Å². The first-order valence-corrected chi connectivity index (χ1v) is 8.84. The van der Waals surface area contributed by atoms with E-state index >= 15 is 0 Å². The number of imide groups is 1. The Labute approximate surface area is 162 Å². The molecule has 28 heavy (non-hydrogen) atoms. The Balaban J connectivity index is 1.45. The minimum absolute atomic E-state index is 0.0253. The van der Waals surface area contributed by atoms with E-state index in [0.717, 1.165) is 10.5 Å². The molecule has 3 rings (SSSR count). The topological polar surface area (TPSA) is 115 Å². The molecule has 142 valence electrons. The summed E-state index contributed by atoms with van der Waals surface area (Å²) in [6.07, 6.45) is 1.60. The first-order chi connectivity index (χ1) is 13.5. The molecule has 0 aliphatic carbocycles. The summed E-state index contributed by atoms with van der Waals surface area (Å²) in [4.78, 5) is 41.9. The molecule has 0 unspecified atom stereocenters. The van der Waals surface area contributed by atoms with Crippen molar-refractivity contribution in [2.75, 3.05) is 25.0 Å². The van der Waals surface area contributed by atoms with Crippen LogP contribution in [-0.2, 0) is 4.79 Å². The number of aryl methyl sites for hydroxylation is 1. The summed E-state index contributed by atoms with van der Waals surface area (Å²) in [6.45, 7) is 2.60. The van der Waals surface area contributed by atoms with E-state index in [2.05, 4.69) is 15.6 Å². The van der Waals surface area contributed by atoms with E-state index in [1.54, 1.807) is 36.5 Å². The fraction of sp³-hybridized carbons (Fsp3) is 0.250. The summed E-state index contributed by atoms with van der Waals surface area (Å²) in [5, 5.41) is 14.7. The average molecular weight is 377 g/mol. The maximum absolute atomic E-state index is 12.4. The van der Waals surface area contributed by atoms with Gasteiger partial charge in [0.1, 0.15) is 11.9 Å². The number of fused-ring (bicyclic) bond motifs is 1. The van der Waals surface area contributed by atoms with Gasteiger partial charge < -0.3 is 10.6 Å². The van der Waals surface area contributed by atoms with Crippen molar-refractivity contribution in [1.82, 2.24) is 15.2 Å². The van der Waals surface area contributed by atoms with Gasteiger partial charge in [0.2, 0.25) is 5.91 Å². The number of nitriles is 1. The van der Waals surface area contributed by atoms with E-state index in [4.69, 9.17) is 5.26 Å². The predicted molar refractivity (Wildman–Crippen MR) is 102 cm³/mol. The first kappa shape index (κ1) is 19.0. The van der Waals surface area contributed by atoms with Gasteiger partial charge in [-0.3, -0.25) is 19.3 Å². The molecular weight excluding hydrogens is 358 g/mol. The maximum Gasteiger partial charge on any atom is 0.261 e. The first-order valence-electron chi connectivity index (χ1n) is 8.84. The van der Waals surface area contributed by atoms with Gasteiger partial charge in [0.05, 0.1) is 16.7 Å². The van der Waals surface area contributed by atoms with Crippen LogP contribution in [-0.4, -0.2) is 47.2 Å². The molecule has 0 saturated carbocycles. The number of carbonyl (C=O) groups is 3. The lowest BCUT2D eigenvalue weighted by atomic mass is 10.1. The third-order valence-electron chi connectivity index (χ3n) is 4.36. The predicted octanol–water partition coefficient (Wildman–Crippen LogP) is 1.48. The minimum atomic E-state index is -0.367. The van der Waals surface area contributed by atoms with Crippen LogP contribution in [0.2, 0.25) is 0 Å². The largest absolute Gasteiger partial charge is 0.367 e. The third-order valence-corrected chi connectivity index (χ3v) is 4.36. The highest BCUT2D eigenvalue weighted by Gasteiger charge is 2.35. The lowest BCUT2D eigenvalue weighted by Gasteiger charge is -2.13. The van der Waals surface area contributed by atoms with E-state index in [-0.39, 0.29) is 30.7 Å². The molecule has 0 atom stereocenters. The zero-order valence-corrected chi connectivity index (χ0v) is 15.4. The quantitative estimate of drug-likeness (QED) is 0.558. The zero-order chi connectivity index (χ0) is 20.1.